The van der Waals surface area contributed by atoms with E-state index in [0.717, 1.165) is 0 Å². The maximum atomic E-state index is 13.9. The van der Waals surface area contributed by atoms with Crippen LogP contribution >= 0.6 is 0 Å². The van der Waals surface area contributed by atoms with Crippen molar-refractivity contribution in [1.29, 1.82) is 0 Å². The van der Waals surface area contributed by atoms with Crippen molar-refractivity contribution in [1.82, 2.24) is 5.32 Å². The largest absolute Gasteiger partial charge is 0.307 e. The van der Waals surface area contributed by atoms with Gasteiger partial charge in [-0.05, 0) is 26.0 Å². The molecule has 2 rings (SSSR count). The summed E-state index contributed by atoms with van der Waals surface area (Å²) >= 11 is 0. The second kappa shape index (κ2) is 3.31. The molecule has 0 amide bonds. The molecule has 1 aliphatic rings. The average Bonchev–Trinajstić information content (AvgIpc) is 2.46. The molecule has 14 heavy (non-hydrogen) atoms. The van der Waals surface area contributed by atoms with Crippen LogP contribution < -0.4 is 5.32 Å². The molecule has 0 saturated carbocycles. The number of benzene rings is 1. The second-order valence-corrected chi connectivity index (χ2v) is 3.94. The third-order valence-corrected chi connectivity index (χ3v) is 2.78. The lowest BCUT2D eigenvalue weighted by Crippen LogP contribution is -2.28. The van der Waals surface area contributed by atoms with Crippen molar-refractivity contribution in [3.8, 4) is 0 Å². The van der Waals surface area contributed by atoms with Gasteiger partial charge in [-0.25, -0.2) is 8.78 Å². The van der Waals surface area contributed by atoms with E-state index in [9.17, 15) is 8.78 Å². The normalized spacial score (nSPS) is 32.1. The molecule has 1 heterocycles. The first-order valence-corrected chi connectivity index (χ1v) is 4.78. The summed E-state index contributed by atoms with van der Waals surface area (Å²) in [6.45, 7) is 2.12. The van der Waals surface area contributed by atoms with Gasteiger partial charge in [-0.2, -0.15) is 0 Å². The van der Waals surface area contributed by atoms with Crippen molar-refractivity contribution in [3.05, 3.63) is 35.6 Å². The van der Waals surface area contributed by atoms with Crippen molar-refractivity contribution < 1.29 is 8.78 Å². The van der Waals surface area contributed by atoms with E-state index in [1.54, 1.807) is 18.2 Å². The molecule has 1 saturated heterocycles. The van der Waals surface area contributed by atoms with Gasteiger partial charge in [0.2, 0.25) is 0 Å². The smallest absolute Gasteiger partial charge is 0.128 e. The van der Waals surface area contributed by atoms with Crippen LogP contribution in [0.4, 0.5) is 8.78 Å². The minimum atomic E-state index is -1.35. The third kappa shape index (κ3) is 1.52. The lowest BCUT2D eigenvalue weighted by Gasteiger charge is -2.23. The van der Waals surface area contributed by atoms with Gasteiger partial charge in [0.05, 0.1) is 6.04 Å². The summed E-state index contributed by atoms with van der Waals surface area (Å²) < 4.78 is 27.3. The minimum absolute atomic E-state index is 0.337. The van der Waals surface area contributed by atoms with Gasteiger partial charge in [0.15, 0.2) is 0 Å². The summed E-state index contributed by atoms with van der Waals surface area (Å²) in [6.07, 6.45) is 0.437. The summed E-state index contributed by atoms with van der Waals surface area (Å²) in [5.41, 5.74) is -0.919. The van der Waals surface area contributed by atoms with Crippen molar-refractivity contribution in [3.63, 3.8) is 0 Å². The van der Waals surface area contributed by atoms with Crippen LogP contribution in [0.3, 0.4) is 0 Å². The monoisotopic (exact) mass is 197 g/mol. The fourth-order valence-corrected chi connectivity index (χ4v) is 1.96. The van der Waals surface area contributed by atoms with E-state index < -0.39 is 11.7 Å². The van der Waals surface area contributed by atoms with E-state index >= 15 is 0 Å². The van der Waals surface area contributed by atoms with Crippen LogP contribution in [0.5, 0.6) is 0 Å². The fraction of sp³-hybridized carbons (Fsp3) is 0.455. The van der Waals surface area contributed by atoms with Crippen LogP contribution in [0.15, 0.2) is 24.3 Å². The van der Waals surface area contributed by atoms with Gasteiger partial charge in [-0.3, -0.25) is 0 Å². The Labute approximate surface area is 82.1 Å². The van der Waals surface area contributed by atoms with E-state index in [0.29, 0.717) is 18.5 Å². The highest BCUT2D eigenvalue weighted by Gasteiger charge is 2.40. The maximum absolute atomic E-state index is 13.9. The predicted molar refractivity (Wildman–Crippen MR) is 51.3 cm³/mol. The van der Waals surface area contributed by atoms with Crippen molar-refractivity contribution in [2.45, 2.75) is 25.1 Å². The summed E-state index contributed by atoms with van der Waals surface area (Å²) in [5, 5.41) is 2.99. The van der Waals surface area contributed by atoms with Crippen LogP contribution in [0, 0.1) is 5.82 Å². The number of rotatable bonds is 1. The van der Waals surface area contributed by atoms with Gasteiger partial charge in [0.25, 0.3) is 0 Å². The highest BCUT2D eigenvalue weighted by Crippen LogP contribution is 2.37. The number of alkyl halides is 1. The Morgan fingerprint density at radius 2 is 2.14 bits per heavy atom. The van der Waals surface area contributed by atoms with Crippen molar-refractivity contribution in [2.24, 2.45) is 0 Å². The standard InChI is InChI=1S/C11H13F2N/c1-11(13)6-7-14-10(11)8-4-2-3-5-9(8)12/h2-5,10,14H,6-7H2,1H3. The summed E-state index contributed by atoms with van der Waals surface area (Å²) in [7, 11) is 0. The SMILES string of the molecule is CC1(F)CCNC1c1ccccc1F. The minimum Gasteiger partial charge on any atom is -0.307 e. The first-order chi connectivity index (χ1) is 6.61. The van der Waals surface area contributed by atoms with Crippen LogP contribution in [0.2, 0.25) is 0 Å². The molecular formula is C11H13F2N. The molecule has 3 heteroatoms. The Bertz CT molecular complexity index is 336. The van der Waals surface area contributed by atoms with Gasteiger partial charge < -0.3 is 5.32 Å². The van der Waals surface area contributed by atoms with Crippen LogP contribution in [0.1, 0.15) is 24.9 Å². The Hall–Kier alpha value is -0.960. The summed E-state index contributed by atoms with van der Waals surface area (Å²) in [6, 6.07) is 5.84. The highest BCUT2D eigenvalue weighted by atomic mass is 19.1. The first-order valence-electron chi connectivity index (χ1n) is 4.78. The third-order valence-electron chi connectivity index (χ3n) is 2.78. The predicted octanol–water partition coefficient (Wildman–Crippen LogP) is 2.59. The Morgan fingerprint density at radius 1 is 1.43 bits per heavy atom. The van der Waals surface area contributed by atoms with Gasteiger partial charge in [0.1, 0.15) is 11.5 Å². The molecule has 0 aliphatic carbocycles. The maximum Gasteiger partial charge on any atom is 0.128 e. The highest BCUT2D eigenvalue weighted by molar-refractivity contribution is 5.25. The Balaban J connectivity index is 2.36. The molecule has 76 valence electrons. The van der Waals surface area contributed by atoms with E-state index in [-0.39, 0.29) is 5.82 Å². The van der Waals surface area contributed by atoms with Gasteiger partial charge >= 0.3 is 0 Å². The molecule has 2 unspecified atom stereocenters. The number of nitrogens with one attached hydrogen (secondary N) is 1. The molecule has 1 aromatic carbocycles. The second-order valence-electron chi connectivity index (χ2n) is 3.94. The molecule has 0 spiro atoms. The quantitative estimate of drug-likeness (QED) is 0.729. The molecular weight excluding hydrogens is 184 g/mol. The lowest BCUT2D eigenvalue weighted by molar-refractivity contribution is 0.166. The average molecular weight is 197 g/mol. The lowest BCUT2D eigenvalue weighted by atomic mass is 9.93. The molecule has 1 nitrogen and oxygen atoms in total. The summed E-state index contributed by atoms with van der Waals surface area (Å²) in [4.78, 5) is 0. The summed E-state index contributed by atoms with van der Waals surface area (Å²) in [5.74, 6) is -0.337. The van der Waals surface area contributed by atoms with Gasteiger partial charge in [0, 0.05) is 5.56 Å². The van der Waals surface area contributed by atoms with Gasteiger partial charge in [-0.15, -0.1) is 0 Å². The Morgan fingerprint density at radius 3 is 2.71 bits per heavy atom. The first kappa shape index (κ1) is 9.59. The number of hydrogen-bond donors (Lipinski definition) is 1. The molecule has 1 N–H and O–H groups in total. The molecule has 0 bridgehead atoms. The van der Waals surface area contributed by atoms with E-state index in [1.165, 1.54) is 13.0 Å². The zero-order chi connectivity index (χ0) is 10.2. The van der Waals surface area contributed by atoms with Crippen LogP contribution in [0.25, 0.3) is 0 Å². The number of hydrogen-bond acceptors (Lipinski definition) is 1. The molecule has 1 aromatic rings. The molecule has 2 atom stereocenters. The number of halogens is 2. The van der Waals surface area contributed by atoms with Crippen LogP contribution in [-0.4, -0.2) is 12.2 Å². The fourth-order valence-electron chi connectivity index (χ4n) is 1.96. The van der Waals surface area contributed by atoms with E-state index in [4.69, 9.17) is 0 Å². The van der Waals surface area contributed by atoms with Gasteiger partial charge in [-0.1, -0.05) is 18.2 Å². The van der Waals surface area contributed by atoms with E-state index in [1.807, 2.05) is 0 Å². The molecule has 1 fully saturated rings. The van der Waals surface area contributed by atoms with Crippen LogP contribution in [-0.2, 0) is 0 Å². The Kier molecular flexibility index (Phi) is 2.27. The van der Waals surface area contributed by atoms with E-state index in [2.05, 4.69) is 5.32 Å². The topological polar surface area (TPSA) is 12.0 Å². The molecule has 0 radical (unpaired) electrons. The zero-order valence-corrected chi connectivity index (χ0v) is 8.06. The van der Waals surface area contributed by atoms with Crippen molar-refractivity contribution in [2.75, 3.05) is 6.54 Å². The molecule has 1 aliphatic heterocycles. The van der Waals surface area contributed by atoms with Crippen molar-refractivity contribution >= 4 is 0 Å². The molecule has 0 aromatic heterocycles. The zero-order valence-electron chi connectivity index (χ0n) is 8.06.